The monoisotopic (exact) mass is 277 g/mol. The van der Waals surface area contributed by atoms with Crippen molar-refractivity contribution in [3.8, 4) is 0 Å². The summed E-state index contributed by atoms with van der Waals surface area (Å²) >= 11 is 0. The molecule has 1 saturated heterocycles. The molecule has 2 unspecified atom stereocenters. The van der Waals surface area contributed by atoms with Gasteiger partial charge in [-0.1, -0.05) is 12.8 Å². The number of aryl methyl sites for hydroxylation is 1. The molecule has 0 N–H and O–H groups in total. The normalized spacial score (nSPS) is 26.2. The predicted octanol–water partition coefficient (Wildman–Crippen LogP) is 2.92. The third-order valence-corrected chi connectivity index (χ3v) is 4.40. The van der Waals surface area contributed by atoms with Crippen molar-refractivity contribution in [2.24, 2.45) is 0 Å². The van der Waals surface area contributed by atoms with Crippen molar-refractivity contribution in [1.29, 1.82) is 0 Å². The molecule has 108 valence electrons. The zero-order valence-corrected chi connectivity index (χ0v) is 11.8. The van der Waals surface area contributed by atoms with Crippen molar-refractivity contribution in [3.63, 3.8) is 0 Å². The smallest absolute Gasteiger partial charge is 0.254 e. The van der Waals surface area contributed by atoms with Gasteiger partial charge in [0.05, 0.1) is 18.8 Å². The summed E-state index contributed by atoms with van der Waals surface area (Å²) in [5, 5.41) is 0. The average molecular weight is 277 g/mol. The van der Waals surface area contributed by atoms with E-state index < -0.39 is 0 Å². The average Bonchev–Trinajstić information content (AvgIpc) is 2.49. The van der Waals surface area contributed by atoms with Crippen LogP contribution in [0.4, 0.5) is 4.39 Å². The Morgan fingerprint density at radius 3 is 2.95 bits per heavy atom. The summed E-state index contributed by atoms with van der Waals surface area (Å²) in [6.07, 6.45) is 4.56. The van der Waals surface area contributed by atoms with Crippen LogP contribution in [-0.4, -0.2) is 36.1 Å². The van der Waals surface area contributed by atoms with Gasteiger partial charge in [-0.3, -0.25) is 4.79 Å². The van der Waals surface area contributed by atoms with Gasteiger partial charge in [-0.2, -0.15) is 0 Å². The highest BCUT2D eigenvalue weighted by molar-refractivity contribution is 5.94. The summed E-state index contributed by atoms with van der Waals surface area (Å²) in [6, 6.07) is 4.79. The molecule has 2 atom stereocenters. The Hall–Kier alpha value is -1.42. The number of hydrogen-bond donors (Lipinski definition) is 0. The number of halogens is 1. The number of morpholine rings is 1. The molecule has 1 aliphatic carbocycles. The molecule has 1 aromatic rings. The van der Waals surface area contributed by atoms with E-state index in [2.05, 4.69) is 0 Å². The molecule has 20 heavy (non-hydrogen) atoms. The van der Waals surface area contributed by atoms with E-state index in [0.29, 0.717) is 24.3 Å². The molecule has 1 aromatic carbocycles. The topological polar surface area (TPSA) is 29.5 Å². The zero-order chi connectivity index (χ0) is 14.1. The highest BCUT2D eigenvalue weighted by Gasteiger charge is 2.36. The van der Waals surface area contributed by atoms with Crippen molar-refractivity contribution < 1.29 is 13.9 Å². The van der Waals surface area contributed by atoms with Crippen LogP contribution in [0.2, 0.25) is 0 Å². The molecular formula is C16H20FNO2. The lowest BCUT2D eigenvalue weighted by molar-refractivity contribution is -0.0752. The van der Waals surface area contributed by atoms with E-state index in [4.69, 9.17) is 4.74 Å². The fourth-order valence-electron chi connectivity index (χ4n) is 3.29. The molecule has 0 radical (unpaired) electrons. The van der Waals surface area contributed by atoms with Gasteiger partial charge in [0.15, 0.2) is 0 Å². The molecule has 2 fully saturated rings. The number of carbonyl (C=O) groups excluding carboxylic acids is 1. The highest BCUT2D eigenvalue weighted by atomic mass is 19.1. The number of amides is 1. The first kappa shape index (κ1) is 13.6. The van der Waals surface area contributed by atoms with Crippen molar-refractivity contribution >= 4 is 5.91 Å². The van der Waals surface area contributed by atoms with E-state index in [-0.39, 0.29) is 23.9 Å². The van der Waals surface area contributed by atoms with Crippen molar-refractivity contribution in [3.05, 3.63) is 35.1 Å². The highest BCUT2D eigenvalue weighted by Crippen LogP contribution is 2.29. The van der Waals surface area contributed by atoms with Crippen LogP contribution in [0.1, 0.15) is 41.6 Å². The second-order valence-corrected chi connectivity index (χ2v) is 5.72. The summed E-state index contributed by atoms with van der Waals surface area (Å²) < 4.78 is 19.1. The minimum absolute atomic E-state index is 0.00769. The third kappa shape index (κ3) is 2.44. The Kier molecular flexibility index (Phi) is 3.74. The minimum atomic E-state index is -0.265. The first-order chi connectivity index (χ1) is 9.66. The second kappa shape index (κ2) is 5.52. The lowest BCUT2D eigenvalue weighted by atomic mass is 9.89. The number of rotatable bonds is 1. The maximum absolute atomic E-state index is 13.3. The summed E-state index contributed by atoms with van der Waals surface area (Å²) in [7, 11) is 0. The second-order valence-electron chi connectivity index (χ2n) is 5.72. The van der Waals surface area contributed by atoms with Crippen LogP contribution in [-0.2, 0) is 4.74 Å². The zero-order valence-electron chi connectivity index (χ0n) is 11.8. The first-order valence-corrected chi connectivity index (χ1v) is 7.35. The van der Waals surface area contributed by atoms with Gasteiger partial charge in [-0.05, 0) is 43.5 Å². The molecule has 0 bridgehead atoms. The molecule has 0 aromatic heterocycles. The van der Waals surface area contributed by atoms with E-state index in [1.54, 1.807) is 19.1 Å². The van der Waals surface area contributed by atoms with Crippen LogP contribution < -0.4 is 0 Å². The minimum Gasteiger partial charge on any atom is -0.374 e. The fourth-order valence-corrected chi connectivity index (χ4v) is 3.29. The van der Waals surface area contributed by atoms with Gasteiger partial charge in [0.1, 0.15) is 5.82 Å². The van der Waals surface area contributed by atoms with Gasteiger partial charge in [-0.15, -0.1) is 0 Å². The van der Waals surface area contributed by atoms with Crippen molar-refractivity contribution in [2.45, 2.75) is 44.8 Å². The number of hydrogen-bond acceptors (Lipinski definition) is 2. The van der Waals surface area contributed by atoms with Crippen LogP contribution in [0, 0.1) is 12.7 Å². The van der Waals surface area contributed by atoms with Gasteiger partial charge in [0.2, 0.25) is 0 Å². The van der Waals surface area contributed by atoms with Gasteiger partial charge in [0, 0.05) is 12.1 Å². The van der Waals surface area contributed by atoms with Crippen LogP contribution in [0.5, 0.6) is 0 Å². The Balaban J connectivity index is 1.83. The Bertz CT molecular complexity index is 515. The summed E-state index contributed by atoms with van der Waals surface area (Å²) in [5.74, 6) is -0.257. The standard InChI is InChI=1S/C16H20FNO2/c1-11-10-12(6-7-13(11)17)16(19)18-8-9-20-15-5-3-2-4-14(15)18/h6-7,10,14-15H,2-5,8-9H2,1H3. The molecule has 3 rings (SSSR count). The number of nitrogens with zero attached hydrogens (tertiary/aromatic N) is 1. The van der Waals surface area contributed by atoms with E-state index in [9.17, 15) is 9.18 Å². The summed E-state index contributed by atoms with van der Waals surface area (Å²) in [5.41, 5.74) is 1.10. The largest absolute Gasteiger partial charge is 0.374 e. The van der Waals surface area contributed by atoms with Crippen LogP contribution in [0.15, 0.2) is 18.2 Å². The molecule has 3 nitrogen and oxygen atoms in total. The molecule has 1 aliphatic heterocycles. The van der Waals surface area contributed by atoms with Crippen molar-refractivity contribution in [1.82, 2.24) is 4.90 Å². The van der Waals surface area contributed by atoms with Crippen LogP contribution >= 0.6 is 0 Å². The van der Waals surface area contributed by atoms with E-state index in [1.807, 2.05) is 4.90 Å². The lowest BCUT2D eigenvalue weighted by Crippen LogP contribution is -2.54. The molecule has 1 heterocycles. The van der Waals surface area contributed by atoms with E-state index >= 15 is 0 Å². The summed E-state index contributed by atoms with van der Waals surface area (Å²) in [6.45, 7) is 2.93. The van der Waals surface area contributed by atoms with Crippen molar-refractivity contribution in [2.75, 3.05) is 13.2 Å². The van der Waals surface area contributed by atoms with Gasteiger partial charge >= 0.3 is 0 Å². The predicted molar refractivity (Wildman–Crippen MR) is 74.2 cm³/mol. The lowest BCUT2D eigenvalue weighted by Gasteiger charge is -2.43. The Morgan fingerprint density at radius 1 is 1.35 bits per heavy atom. The quantitative estimate of drug-likeness (QED) is 0.790. The van der Waals surface area contributed by atoms with E-state index in [0.717, 1.165) is 19.3 Å². The SMILES string of the molecule is Cc1cc(C(=O)N2CCOC3CCCCC32)ccc1F. The van der Waals surface area contributed by atoms with Gasteiger partial charge in [0.25, 0.3) is 5.91 Å². The van der Waals surface area contributed by atoms with E-state index in [1.165, 1.54) is 12.5 Å². The number of ether oxygens (including phenoxy) is 1. The maximum Gasteiger partial charge on any atom is 0.254 e. The number of carbonyl (C=O) groups is 1. The third-order valence-electron chi connectivity index (χ3n) is 4.40. The molecular weight excluding hydrogens is 257 g/mol. The molecule has 2 aliphatic rings. The summed E-state index contributed by atoms with van der Waals surface area (Å²) in [4.78, 5) is 14.6. The molecule has 1 saturated carbocycles. The molecule has 4 heteroatoms. The first-order valence-electron chi connectivity index (χ1n) is 7.35. The number of fused-ring (bicyclic) bond motifs is 1. The maximum atomic E-state index is 13.3. The van der Waals surface area contributed by atoms with Gasteiger partial charge in [-0.25, -0.2) is 4.39 Å². The molecule has 1 amide bonds. The molecule has 0 spiro atoms. The van der Waals surface area contributed by atoms with Crippen LogP contribution in [0.3, 0.4) is 0 Å². The Labute approximate surface area is 118 Å². The number of benzene rings is 1. The Morgan fingerprint density at radius 2 is 2.15 bits per heavy atom. The fraction of sp³-hybridized carbons (Fsp3) is 0.562. The van der Waals surface area contributed by atoms with Crippen LogP contribution in [0.25, 0.3) is 0 Å². The van der Waals surface area contributed by atoms with Gasteiger partial charge < -0.3 is 9.64 Å².